The average Bonchev–Trinajstić information content (AvgIpc) is 3.29. The molecule has 0 spiro atoms. The molecule has 1 fully saturated rings. The van der Waals surface area contributed by atoms with Gasteiger partial charge in [0.15, 0.2) is 15.0 Å². The highest BCUT2D eigenvalue weighted by Crippen LogP contribution is 2.35. The molecule has 1 aliphatic heterocycles. The number of sulfone groups is 1. The van der Waals surface area contributed by atoms with Crippen LogP contribution in [0.15, 0.2) is 29.6 Å². The number of nitrogens with one attached hydrogen (secondary N) is 1. The summed E-state index contributed by atoms with van der Waals surface area (Å²) in [7, 11) is -2.94. The molecule has 0 unspecified atom stereocenters. The Balaban J connectivity index is 1.60. The van der Waals surface area contributed by atoms with Crippen LogP contribution < -0.4 is 5.32 Å². The number of thiazole rings is 1. The maximum absolute atomic E-state index is 13.8. The van der Waals surface area contributed by atoms with Crippen molar-refractivity contribution in [1.82, 2.24) is 9.55 Å². The summed E-state index contributed by atoms with van der Waals surface area (Å²) in [5.41, 5.74) is 5.16. The Morgan fingerprint density at radius 3 is 2.71 bits per heavy atom. The van der Waals surface area contributed by atoms with E-state index in [1.165, 1.54) is 17.4 Å². The highest BCUT2D eigenvalue weighted by molar-refractivity contribution is 7.91. The van der Waals surface area contributed by atoms with E-state index in [-0.39, 0.29) is 23.4 Å². The summed E-state index contributed by atoms with van der Waals surface area (Å²) in [6.45, 7) is 5.74. The molecule has 3 heterocycles. The van der Waals surface area contributed by atoms with Crippen molar-refractivity contribution < 1.29 is 12.8 Å². The van der Waals surface area contributed by atoms with Gasteiger partial charge in [-0.05, 0) is 51.0 Å². The van der Waals surface area contributed by atoms with Crippen LogP contribution in [0.25, 0.3) is 11.3 Å². The van der Waals surface area contributed by atoms with Crippen LogP contribution in [0.4, 0.5) is 15.2 Å². The third-order valence-electron chi connectivity index (χ3n) is 5.26. The number of halogens is 1. The smallest absolute Gasteiger partial charge is 0.187 e. The van der Waals surface area contributed by atoms with Gasteiger partial charge >= 0.3 is 0 Å². The predicted molar refractivity (Wildman–Crippen MR) is 112 cm³/mol. The SMILES string of the molecule is Cc1ccc(Nc2nc(-c3cc(C)n([C@H]4CCS(=O)(=O)C4)c3C)cs2)cc1F. The molecule has 148 valence electrons. The van der Waals surface area contributed by atoms with E-state index in [0.717, 1.165) is 22.6 Å². The fraction of sp³-hybridized carbons (Fsp3) is 0.350. The molecule has 28 heavy (non-hydrogen) atoms. The van der Waals surface area contributed by atoms with Crippen molar-refractivity contribution in [2.24, 2.45) is 0 Å². The van der Waals surface area contributed by atoms with Crippen LogP contribution >= 0.6 is 11.3 Å². The Kier molecular flexibility index (Phi) is 4.79. The zero-order chi connectivity index (χ0) is 20.1. The Bertz CT molecular complexity index is 1150. The summed E-state index contributed by atoms with van der Waals surface area (Å²) >= 11 is 1.46. The van der Waals surface area contributed by atoms with Gasteiger partial charge in [0.05, 0.1) is 17.2 Å². The molecule has 0 amide bonds. The first-order valence-corrected chi connectivity index (χ1v) is 11.8. The summed E-state index contributed by atoms with van der Waals surface area (Å²) in [5, 5.41) is 5.80. The third kappa shape index (κ3) is 3.58. The lowest BCUT2D eigenvalue weighted by molar-refractivity contribution is 0.536. The predicted octanol–water partition coefficient (Wildman–Crippen LogP) is 4.78. The van der Waals surface area contributed by atoms with Crippen molar-refractivity contribution in [2.75, 3.05) is 16.8 Å². The molecule has 4 rings (SSSR count). The molecule has 0 radical (unpaired) electrons. The van der Waals surface area contributed by atoms with Crippen LogP contribution in [0.5, 0.6) is 0 Å². The van der Waals surface area contributed by atoms with E-state index >= 15 is 0 Å². The number of anilines is 2. The first kappa shape index (κ1) is 19.1. The lowest BCUT2D eigenvalue weighted by atomic mass is 10.2. The topological polar surface area (TPSA) is 64.0 Å². The van der Waals surface area contributed by atoms with Crippen LogP contribution in [-0.2, 0) is 9.84 Å². The maximum atomic E-state index is 13.8. The number of aromatic nitrogens is 2. The van der Waals surface area contributed by atoms with E-state index in [9.17, 15) is 12.8 Å². The number of hydrogen-bond acceptors (Lipinski definition) is 5. The lowest BCUT2D eigenvalue weighted by Gasteiger charge is -2.16. The van der Waals surface area contributed by atoms with Crippen LogP contribution in [0.1, 0.15) is 29.4 Å². The zero-order valence-corrected chi connectivity index (χ0v) is 17.6. The standard InChI is InChI=1S/C20H22FN3O2S2/c1-12-4-5-15(9-18(12)21)22-20-23-19(10-27-20)17-8-13(2)24(14(17)3)16-6-7-28(25,26)11-16/h4-5,8-10,16H,6-7,11H2,1-3H3,(H,22,23)/t16-/m0/s1. The van der Waals surface area contributed by atoms with E-state index in [2.05, 4.69) is 20.9 Å². The van der Waals surface area contributed by atoms with Gasteiger partial charge in [-0.1, -0.05) is 6.07 Å². The molecule has 2 aromatic heterocycles. The van der Waals surface area contributed by atoms with Gasteiger partial charge in [0.1, 0.15) is 5.82 Å². The second-order valence-electron chi connectivity index (χ2n) is 7.34. The minimum atomic E-state index is -2.94. The van der Waals surface area contributed by atoms with Crippen molar-refractivity contribution in [3.63, 3.8) is 0 Å². The Hall–Kier alpha value is -2.19. The maximum Gasteiger partial charge on any atom is 0.187 e. The van der Waals surface area contributed by atoms with Gasteiger partial charge in [0.25, 0.3) is 0 Å². The normalized spacial score (nSPS) is 18.5. The molecule has 1 atom stereocenters. The monoisotopic (exact) mass is 419 g/mol. The highest BCUT2D eigenvalue weighted by Gasteiger charge is 2.31. The van der Waals surface area contributed by atoms with Crippen LogP contribution in [0.2, 0.25) is 0 Å². The number of aryl methyl sites for hydroxylation is 2. The van der Waals surface area contributed by atoms with E-state index in [4.69, 9.17) is 0 Å². The second kappa shape index (κ2) is 7.00. The van der Waals surface area contributed by atoms with Crippen LogP contribution in [0, 0.1) is 26.6 Å². The summed E-state index contributed by atoms with van der Waals surface area (Å²) in [5.74, 6) is 0.199. The van der Waals surface area contributed by atoms with Crippen LogP contribution in [0.3, 0.4) is 0 Å². The van der Waals surface area contributed by atoms with Gasteiger partial charge in [-0.15, -0.1) is 11.3 Å². The average molecular weight is 420 g/mol. The largest absolute Gasteiger partial charge is 0.344 e. The molecule has 3 aromatic rings. The van der Waals surface area contributed by atoms with Crippen molar-refractivity contribution in [3.8, 4) is 11.3 Å². The molecular formula is C20H22FN3O2S2. The molecule has 5 nitrogen and oxygen atoms in total. The Morgan fingerprint density at radius 1 is 1.25 bits per heavy atom. The van der Waals surface area contributed by atoms with E-state index in [1.54, 1.807) is 13.0 Å². The van der Waals surface area contributed by atoms with Gasteiger partial charge in [-0.2, -0.15) is 0 Å². The molecule has 0 saturated carbocycles. The van der Waals surface area contributed by atoms with Crippen molar-refractivity contribution >= 4 is 32.0 Å². The third-order valence-corrected chi connectivity index (χ3v) is 7.77. The molecule has 0 aliphatic carbocycles. The highest BCUT2D eigenvalue weighted by atomic mass is 32.2. The molecule has 1 saturated heterocycles. The number of hydrogen-bond donors (Lipinski definition) is 1. The first-order chi connectivity index (χ1) is 13.2. The quantitative estimate of drug-likeness (QED) is 0.661. The minimum Gasteiger partial charge on any atom is -0.344 e. The fourth-order valence-electron chi connectivity index (χ4n) is 3.83. The minimum absolute atomic E-state index is 0.00878. The zero-order valence-electron chi connectivity index (χ0n) is 16.0. The molecule has 8 heteroatoms. The van der Waals surface area contributed by atoms with Crippen molar-refractivity contribution in [1.29, 1.82) is 0 Å². The van der Waals surface area contributed by atoms with Crippen molar-refractivity contribution in [3.05, 3.63) is 52.4 Å². The van der Waals surface area contributed by atoms with Crippen molar-refractivity contribution in [2.45, 2.75) is 33.2 Å². The molecule has 1 aromatic carbocycles. The van der Waals surface area contributed by atoms with Gasteiger partial charge in [-0.3, -0.25) is 0 Å². The summed E-state index contributed by atoms with van der Waals surface area (Å²) in [6.07, 6.45) is 0.654. The Morgan fingerprint density at radius 2 is 2.04 bits per heavy atom. The van der Waals surface area contributed by atoms with E-state index in [0.29, 0.717) is 22.8 Å². The number of rotatable bonds is 4. The fourth-order valence-corrected chi connectivity index (χ4v) is 6.26. The summed E-state index contributed by atoms with van der Waals surface area (Å²) in [4.78, 5) is 4.65. The van der Waals surface area contributed by atoms with Gasteiger partial charge in [0, 0.05) is 34.1 Å². The van der Waals surface area contributed by atoms with Gasteiger partial charge in [-0.25, -0.2) is 17.8 Å². The van der Waals surface area contributed by atoms with Gasteiger partial charge < -0.3 is 9.88 Å². The molecular weight excluding hydrogens is 397 g/mol. The Labute approximate surface area is 168 Å². The van der Waals surface area contributed by atoms with E-state index < -0.39 is 9.84 Å². The van der Waals surface area contributed by atoms with Gasteiger partial charge in [0.2, 0.25) is 0 Å². The lowest BCUT2D eigenvalue weighted by Crippen LogP contribution is -2.13. The molecule has 1 N–H and O–H groups in total. The first-order valence-electron chi connectivity index (χ1n) is 9.11. The second-order valence-corrected chi connectivity index (χ2v) is 10.4. The summed E-state index contributed by atoms with van der Waals surface area (Å²) < 4.78 is 39.6. The molecule has 1 aliphatic rings. The molecule has 0 bridgehead atoms. The summed E-state index contributed by atoms with van der Waals surface area (Å²) in [6, 6.07) is 7.07. The number of nitrogens with zero attached hydrogens (tertiary/aromatic N) is 2. The number of benzene rings is 1. The van der Waals surface area contributed by atoms with E-state index in [1.807, 2.05) is 25.3 Å². The van der Waals surface area contributed by atoms with Crippen LogP contribution in [-0.4, -0.2) is 29.5 Å².